The zero-order valence-electron chi connectivity index (χ0n) is 22.5. The van der Waals surface area contributed by atoms with Gasteiger partial charge in [-0.3, -0.25) is 4.79 Å². The van der Waals surface area contributed by atoms with Crippen LogP contribution in [-0.4, -0.2) is 44.3 Å². The van der Waals surface area contributed by atoms with Crippen LogP contribution in [0.25, 0.3) is 0 Å². The molecule has 0 N–H and O–H groups in total. The van der Waals surface area contributed by atoms with Crippen LogP contribution >= 0.6 is 0 Å². The molecule has 2 aromatic rings. The largest absolute Gasteiger partial charge is 0.493 e. The molecule has 0 aliphatic carbocycles. The Morgan fingerprint density at radius 1 is 0.771 bits per heavy atom. The fraction of sp³-hybridized carbons (Fsp3) is 0.581. The number of carbonyl (C=O) groups excluding carboxylic acids is 1. The molecule has 4 heteroatoms. The predicted octanol–water partition coefficient (Wildman–Crippen LogP) is 7.35. The fourth-order valence-corrected chi connectivity index (χ4v) is 4.43. The molecule has 0 saturated heterocycles. The van der Waals surface area contributed by atoms with Gasteiger partial charge in [0.05, 0.1) is 40.3 Å². The number of benzene rings is 2. The standard InChI is InChI=1S/C31H48NO3/c1-4-5-6-7-8-9-13-20-29-21-14-15-22-30(29)34-25-17-26-35-31(33)23-16-24-32(2,3)27-28-18-11-10-12-19-28/h10-12,14-15,18-19,21-22H,4-9,13,16-17,20,23-27H2,1-3H3/q+1. The van der Waals surface area contributed by atoms with Gasteiger partial charge in [-0.2, -0.15) is 0 Å². The second kappa shape index (κ2) is 17.2. The fourth-order valence-electron chi connectivity index (χ4n) is 4.43. The highest BCUT2D eigenvalue weighted by Gasteiger charge is 2.16. The van der Waals surface area contributed by atoms with E-state index in [0.717, 1.165) is 36.2 Å². The van der Waals surface area contributed by atoms with E-state index in [2.05, 4.69) is 63.5 Å². The van der Waals surface area contributed by atoms with Crippen LogP contribution in [0.4, 0.5) is 0 Å². The van der Waals surface area contributed by atoms with E-state index in [1.54, 1.807) is 0 Å². The van der Waals surface area contributed by atoms with Gasteiger partial charge in [0, 0.05) is 18.4 Å². The maximum atomic E-state index is 12.1. The minimum absolute atomic E-state index is 0.107. The van der Waals surface area contributed by atoms with Crippen molar-refractivity contribution in [1.29, 1.82) is 0 Å². The average Bonchev–Trinajstić information content (AvgIpc) is 2.84. The smallest absolute Gasteiger partial charge is 0.306 e. The monoisotopic (exact) mass is 482 g/mol. The van der Waals surface area contributed by atoms with Crippen LogP contribution in [0, 0.1) is 0 Å². The summed E-state index contributed by atoms with van der Waals surface area (Å²) in [6.07, 6.45) is 12.3. The zero-order valence-corrected chi connectivity index (χ0v) is 22.5. The number of para-hydroxylation sites is 1. The lowest BCUT2D eigenvalue weighted by Crippen LogP contribution is -2.39. The van der Waals surface area contributed by atoms with Gasteiger partial charge in [-0.05, 0) is 24.5 Å². The van der Waals surface area contributed by atoms with E-state index in [4.69, 9.17) is 9.47 Å². The highest BCUT2D eigenvalue weighted by Crippen LogP contribution is 2.21. The summed E-state index contributed by atoms with van der Waals surface area (Å²) in [6.45, 7) is 5.16. The Labute approximate surface area is 214 Å². The SMILES string of the molecule is CCCCCCCCCc1ccccc1OCCCOC(=O)CCC[N+](C)(C)Cc1ccccc1. The Morgan fingerprint density at radius 2 is 1.46 bits per heavy atom. The third kappa shape index (κ3) is 13.4. The van der Waals surface area contributed by atoms with Gasteiger partial charge >= 0.3 is 5.97 Å². The number of aryl methyl sites for hydroxylation is 1. The Balaban J connectivity index is 1.55. The van der Waals surface area contributed by atoms with Crippen LogP contribution in [0.2, 0.25) is 0 Å². The minimum atomic E-state index is -0.107. The third-order valence-corrected chi connectivity index (χ3v) is 6.43. The van der Waals surface area contributed by atoms with Gasteiger partial charge in [0.1, 0.15) is 12.3 Å². The number of rotatable bonds is 19. The van der Waals surface area contributed by atoms with E-state index in [9.17, 15) is 4.79 Å². The second-order valence-electron chi connectivity index (χ2n) is 10.3. The quantitative estimate of drug-likeness (QED) is 0.119. The number of hydrogen-bond acceptors (Lipinski definition) is 3. The molecule has 0 radical (unpaired) electrons. The first-order chi connectivity index (χ1) is 17.0. The molecular weight excluding hydrogens is 434 g/mol. The third-order valence-electron chi connectivity index (χ3n) is 6.43. The van der Waals surface area contributed by atoms with E-state index in [1.807, 2.05) is 12.1 Å². The molecule has 0 atom stereocenters. The Hall–Kier alpha value is -2.33. The summed E-state index contributed by atoms with van der Waals surface area (Å²) in [7, 11) is 4.42. The molecule has 0 heterocycles. The first-order valence-electron chi connectivity index (χ1n) is 13.7. The maximum absolute atomic E-state index is 12.1. The molecule has 35 heavy (non-hydrogen) atoms. The van der Waals surface area contributed by atoms with Crippen LogP contribution < -0.4 is 4.74 Å². The van der Waals surface area contributed by atoms with Gasteiger partial charge in [0.25, 0.3) is 0 Å². The van der Waals surface area contributed by atoms with Crippen molar-refractivity contribution in [1.82, 2.24) is 0 Å². The lowest BCUT2D eigenvalue weighted by molar-refractivity contribution is -0.903. The van der Waals surface area contributed by atoms with Crippen molar-refractivity contribution in [3.05, 3.63) is 65.7 Å². The summed E-state index contributed by atoms with van der Waals surface area (Å²) in [5.74, 6) is 0.868. The van der Waals surface area contributed by atoms with Crippen molar-refractivity contribution in [3.63, 3.8) is 0 Å². The first-order valence-corrected chi connectivity index (χ1v) is 13.7. The molecule has 0 bridgehead atoms. The van der Waals surface area contributed by atoms with Crippen molar-refractivity contribution in [2.45, 2.75) is 84.1 Å². The van der Waals surface area contributed by atoms with Crippen LogP contribution in [0.3, 0.4) is 0 Å². The molecule has 0 aromatic heterocycles. The molecule has 0 aliphatic heterocycles. The topological polar surface area (TPSA) is 35.5 Å². The van der Waals surface area contributed by atoms with E-state index < -0.39 is 0 Å². The lowest BCUT2D eigenvalue weighted by atomic mass is 10.0. The minimum Gasteiger partial charge on any atom is -0.493 e. The highest BCUT2D eigenvalue weighted by atomic mass is 16.5. The molecule has 0 fully saturated rings. The van der Waals surface area contributed by atoms with Gasteiger partial charge in [0.15, 0.2) is 0 Å². The van der Waals surface area contributed by atoms with Gasteiger partial charge in [-0.15, -0.1) is 0 Å². The second-order valence-corrected chi connectivity index (χ2v) is 10.3. The maximum Gasteiger partial charge on any atom is 0.306 e. The molecule has 2 rings (SSSR count). The summed E-state index contributed by atoms with van der Waals surface area (Å²) < 4.78 is 12.3. The zero-order chi connectivity index (χ0) is 25.2. The summed E-state index contributed by atoms with van der Waals surface area (Å²) in [4.78, 5) is 12.1. The van der Waals surface area contributed by atoms with E-state index >= 15 is 0 Å². The Morgan fingerprint density at radius 3 is 2.23 bits per heavy atom. The Bertz CT molecular complexity index is 819. The van der Waals surface area contributed by atoms with Gasteiger partial charge in [0.2, 0.25) is 0 Å². The van der Waals surface area contributed by atoms with Gasteiger partial charge < -0.3 is 14.0 Å². The molecule has 0 amide bonds. The number of quaternary nitrogens is 1. The molecule has 0 saturated carbocycles. The summed E-state index contributed by atoms with van der Waals surface area (Å²) in [6, 6.07) is 18.8. The van der Waals surface area contributed by atoms with Crippen LogP contribution in [0.1, 0.15) is 82.3 Å². The number of nitrogens with zero attached hydrogens (tertiary/aromatic N) is 1. The highest BCUT2D eigenvalue weighted by molar-refractivity contribution is 5.69. The molecule has 0 unspecified atom stereocenters. The average molecular weight is 483 g/mol. The van der Waals surface area contributed by atoms with E-state index in [-0.39, 0.29) is 5.97 Å². The predicted molar refractivity (Wildman–Crippen MR) is 146 cm³/mol. The van der Waals surface area contributed by atoms with Crippen LogP contribution in [-0.2, 0) is 22.5 Å². The normalized spacial score (nSPS) is 11.4. The number of hydrogen-bond donors (Lipinski definition) is 0. The van der Waals surface area contributed by atoms with Crippen LogP contribution in [0.15, 0.2) is 54.6 Å². The summed E-state index contributed by atoms with van der Waals surface area (Å²) in [5, 5.41) is 0. The van der Waals surface area contributed by atoms with Crippen LogP contribution in [0.5, 0.6) is 5.75 Å². The number of carbonyl (C=O) groups is 1. The van der Waals surface area contributed by atoms with Crippen molar-refractivity contribution in [2.75, 3.05) is 33.9 Å². The van der Waals surface area contributed by atoms with E-state index in [1.165, 1.54) is 56.1 Å². The molecule has 0 spiro atoms. The molecular formula is C31H48NO3+. The summed E-state index contributed by atoms with van der Waals surface area (Å²) in [5.41, 5.74) is 2.61. The van der Waals surface area contributed by atoms with E-state index in [0.29, 0.717) is 26.1 Å². The Kier molecular flexibility index (Phi) is 14.2. The molecule has 194 valence electrons. The number of ether oxygens (including phenoxy) is 2. The number of unbranched alkanes of at least 4 members (excludes halogenated alkanes) is 6. The molecule has 0 aliphatic rings. The first kappa shape index (κ1) is 28.9. The van der Waals surface area contributed by atoms with Crippen molar-refractivity contribution in [3.8, 4) is 5.75 Å². The van der Waals surface area contributed by atoms with Gasteiger partial charge in [-0.25, -0.2) is 0 Å². The van der Waals surface area contributed by atoms with Crippen molar-refractivity contribution >= 4 is 5.97 Å². The van der Waals surface area contributed by atoms with Gasteiger partial charge in [-0.1, -0.05) is 94.0 Å². The molecule has 2 aromatic carbocycles. The van der Waals surface area contributed by atoms with Crippen molar-refractivity contribution < 1.29 is 18.8 Å². The summed E-state index contributed by atoms with van der Waals surface area (Å²) >= 11 is 0. The van der Waals surface area contributed by atoms with Crippen molar-refractivity contribution in [2.24, 2.45) is 0 Å². The lowest BCUT2D eigenvalue weighted by Gasteiger charge is -2.29. The molecule has 4 nitrogen and oxygen atoms in total. The number of esters is 1.